The maximum absolute atomic E-state index is 13.4. The van der Waals surface area contributed by atoms with Crippen molar-refractivity contribution in [3.05, 3.63) is 42.2 Å². The van der Waals surface area contributed by atoms with Gasteiger partial charge in [-0.25, -0.2) is 19.3 Å². The molecular formula is C16H19FN6O. The van der Waals surface area contributed by atoms with Crippen LogP contribution in [-0.4, -0.2) is 32.4 Å². The number of halogens is 1. The summed E-state index contributed by atoms with van der Waals surface area (Å²) in [4.78, 5) is 26.9. The van der Waals surface area contributed by atoms with Crippen molar-refractivity contribution in [2.75, 3.05) is 17.2 Å². The third kappa shape index (κ3) is 3.83. The summed E-state index contributed by atoms with van der Waals surface area (Å²) in [5.41, 5.74) is 1.98. The Morgan fingerprint density at radius 3 is 2.83 bits per heavy atom. The van der Waals surface area contributed by atoms with E-state index in [4.69, 9.17) is 0 Å². The van der Waals surface area contributed by atoms with Crippen LogP contribution in [0.15, 0.2) is 30.9 Å². The number of carbonyl (C=O) groups excluding carboxylic acids is 1. The monoisotopic (exact) mass is 330 g/mol. The molecule has 1 aromatic carbocycles. The van der Waals surface area contributed by atoms with Gasteiger partial charge in [-0.3, -0.25) is 4.79 Å². The highest BCUT2D eigenvalue weighted by Gasteiger charge is 2.10. The van der Waals surface area contributed by atoms with E-state index < -0.39 is 0 Å². The van der Waals surface area contributed by atoms with Crippen molar-refractivity contribution in [1.29, 1.82) is 0 Å². The molecule has 2 heterocycles. The Morgan fingerprint density at radius 2 is 2.04 bits per heavy atom. The Kier molecular flexibility index (Phi) is 5.78. The SMILES string of the molecule is CC.Cc1c(F)cccc1NC(=O)CNc1ncnc2nc[nH]c12. The second-order valence-corrected chi connectivity index (χ2v) is 4.64. The van der Waals surface area contributed by atoms with Crippen LogP contribution in [0.1, 0.15) is 19.4 Å². The number of fused-ring (bicyclic) bond motifs is 1. The summed E-state index contributed by atoms with van der Waals surface area (Å²) in [6.07, 6.45) is 2.86. The average molecular weight is 330 g/mol. The molecule has 0 radical (unpaired) electrons. The summed E-state index contributed by atoms with van der Waals surface area (Å²) in [6, 6.07) is 4.54. The second-order valence-electron chi connectivity index (χ2n) is 4.64. The predicted octanol–water partition coefficient (Wildman–Crippen LogP) is 2.88. The van der Waals surface area contributed by atoms with Crippen molar-refractivity contribution in [3.63, 3.8) is 0 Å². The molecule has 1 amide bonds. The lowest BCUT2D eigenvalue weighted by Crippen LogP contribution is -2.22. The van der Waals surface area contributed by atoms with Crippen molar-refractivity contribution in [1.82, 2.24) is 19.9 Å². The molecule has 0 aliphatic rings. The molecule has 2 aromatic heterocycles. The number of hydrogen-bond donors (Lipinski definition) is 3. The summed E-state index contributed by atoms with van der Waals surface area (Å²) in [6.45, 7) is 5.60. The number of aromatic nitrogens is 4. The van der Waals surface area contributed by atoms with Crippen LogP contribution in [0.25, 0.3) is 11.2 Å². The lowest BCUT2D eigenvalue weighted by molar-refractivity contribution is -0.114. The summed E-state index contributed by atoms with van der Waals surface area (Å²) in [7, 11) is 0. The van der Waals surface area contributed by atoms with Crippen molar-refractivity contribution in [2.24, 2.45) is 0 Å². The molecule has 0 atom stereocenters. The zero-order valence-corrected chi connectivity index (χ0v) is 13.7. The molecule has 0 fully saturated rings. The standard InChI is InChI=1S/C14H13FN6O.C2H6/c1-8-9(15)3-2-4-10(8)21-11(22)5-16-13-12-14(18-6-17-12)20-7-19-13;1-2/h2-4,6-7H,5H2,1H3,(H,21,22)(H2,16,17,18,19,20);1-2H3. The van der Waals surface area contributed by atoms with Gasteiger partial charge in [0.1, 0.15) is 17.7 Å². The zero-order valence-electron chi connectivity index (χ0n) is 13.7. The van der Waals surface area contributed by atoms with Crippen LogP contribution < -0.4 is 10.6 Å². The molecule has 0 saturated heterocycles. The number of nitrogens with zero attached hydrogens (tertiary/aromatic N) is 3. The molecular weight excluding hydrogens is 311 g/mol. The lowest BCUT2D eigenvalue weighted by atomic mass is 10.2. The highest BCUT2D eigenvalue weighted by Crippen LogP contribution is 2.17. The minimum absolute atomic E-state index is 0.0128. The lowest BCUT2D eigenvalue weighted by Gasteiger charge is -2.10. The Morgan fingerprint density at radius 1 is 1.25 bits per heavy atom. The van der Waals surface area contributed by atoms with Crippen LogP contribution in [-0.2, 0) is 4.79 Å². The molecule has 7 nitrogen and oxygen atoms in total. The van der Waals surface area contributed by atoms with Gasteiger partial charge in [0.05, 0.1) is 12.9 Å². The van der Waals surface area contributed by atoms with E-state index in [1.54, 1.807) is 19.1 Å². The van der Waals surface area contributed by atoms with E-state index >= 15 is 0 Å². The van der Waals surface area contributed by atoms with Crippen LogP contribution in [0, 0.1) is 12.7 Å². The number of nitrogens with one attached hydrogen (secondary N) is 3. The maximum atomic E-state index is 13.4. The first-order chi connectivity index (χ1) is 11.6. The van der Waals surface area contributed by atoms with Gasteiger partial charge in [-0.1, -0.05) is 19.9 Å². The van der Waals surface area contributed by atoms with E-state index in [2.05, 4.69) is 30.6 Å². The van der Waals surface area contributed by atoms with Crippen molar-refractivity contribution in [2.45, 2.75) is 20.8 Å². The molecule has 0 aliphatic carbocycles. The van der Waals surface area contributed by atoms with Gasteiger partial charge in [0.25, 0.3) is 0 Å². The topological polar surface area (TPSA) is 95.6 Å². The van der Waals surface area contributed by atoms with E-state index in [1.807, 2.05) is 13.8 Å². The predicted molar refractivity (Wildman–Crippen MR) is 91.3 cm³/mol. The van der Waals surface area contributed by atoms with Gasteiger partial charge in [0.15, 0.2) is 11.5 Å². The molecule has 8 heteroatoms. The largest absolute Gasteiger partial charge is 0.359 e. The Labute approximate surface area is 138 Å². The first-order valence-corrected chi connectivity index (χ1v) is 7.58. The zero-order chi connectivity index (χ0) is 17.5. The van der Waals surface area contributed by atoms with E-state index in [9.17, 15) is 9.18 Å². The fraction of sp³-hybridized carbons (Fsp3) is 0.250. The van der Waals surface area contributed by atoms with E-state index in [1.165, 1.54) is 18.7 Å². The molecule has 0 bridgehead atoms. The smallest absolute Gasteiger partial charge is 0.243 e. The Balaban J connectivity index is 0.00000100. The molecule has 0 aliphatic heterocycles. The number of hydrogen-bond acceptors (Lipinski definition) is 5. The summed E-state index contributed by atoms with van der Waals surface area (Å²) < 4.78 is 13.4. The second kappa shape index (κ2) is 8.00. The van der Waals surface area contributed by atoms with Crippen LogP contribution in [0.3, 0.4) is 0 Å². The molecule has 3 rings (SSSR count). The minimum atomic E-state index is -0.360. The molecule has 3 aromatic rings. The first kappa shape index (κ1) is 17.3. The first-order valence-electron chi connectivity index (χ1n) is 7.58. The third-order valence-electron chi connectivity index (χ3n) is 3.18. The summed E-state index contributed by atoms with van der Waals surface area (Å²) >= 11 is 0. The molecule has 0 unspecified atom stereocenters. The summed E-state index contributed by atoms with van der Waals surface area (Å²) in [5.74, 6) is -0.186. The van der Waals surface area contributed by atoms with Gasteiger partial charge < -0.3 is 15.6 Å². The third-order valence-corrected chi connectivity index (χ3v) is 3.18. The Bertz CT molecular complexity index is 832. The number of H-pyrrole nitrogens is 1. The number of rotatable bonds is 4. The number of aromatic amines is 1. The quantitative estimate of drug-likeness (QED) is 0.683. The number of benzene rings is 1. The molecule has 24 heavy (non-hydrogen) atoms. The van der Waals surface area contributed by atoms with Crippen LogP contribution >= 0.6 is 0 Å². The summed E-state index contributed by atoms with van der Waals surface area (Å²) in [5, 5.41) is 5.55. The normalized spacial score (nSPS) is 10.0. The van der Waals surface area contributed by atoms with E-state index in [0.29, 0.717) is 28.2 Å². The number of imidazole rings is 1. The van der Waals surface area contributed by atoms with Gasteiger partial charge in [-0.15, -0.1) is 0 Å². The minimum Gasteiger partial charge on any atom is -0.359 e. The van der Waals surface area contributed by atoms with Gasteiger partial charge in [0, 0.05) is 11.3 Å². The highest BCUT2D eigenvalue weighted by atomic mass is 19.1. The van der Waals surface area contributed by atoms with Crippen molar-refractivity contribution in [3.8, 4) is 0 Å². The van der Waals surface area contributed by atoms with Gasteiger partial charge in [-0.2, -0.15) is 0 Å². The maximum Gasteiger partial charge on any atom is 0.243 e. The number of amides is 1. The molecule has 0 saturated carbocycles. The van der Waals surface area contributed by atoms with Crippen LogP contribution in [0.2, 0.25) is 0 Å². The fourth-order valence-electron chi connectivity index (χ4n) is 2.00. The van der Waals surface area contributed by atoms with Gasteiger partial charge in [-0.05, 0) is 19.1 Å². The molecule has 126 valence electrons. The fourth-order valence-corrected chi connectivity index (χ4v) is 2.00. The van der Waals surface area contributed by atoms with E-state index in [0.717, 1.165) is 0 Å². The molecule has 3 N–H and O–H groups in total. The number of carbonyl (C=O) groups is 1. The van der Waals surface area contributed by atoms with Crippen molar-refractivity contribution < 1.29 is 9.18 Å². The van der Waals surface area contributed by atoms with Crippen LogP contribution in [0.4, 0.5) is 15.9 Å². The van der Waals surface area contributed by atoms with Gasteiger partial charge in [0.2, 0.25) is 5.91 Å². The van der Waals surface area contributed by atoms with Crippen molar-refractivity contribution >= 4 is 28.6 Å². The highest BCUT2D eigenvalue weighted by molar-refractivity contribution is 5.95. The van der Waals surface area contributed by atoms with Gasteiger partial charge >= 0.3 is 0 Å². The van der Waals surface area contributed by atoms with E-state index in [-0.39, 0.29) is 18.3 Å². The molecule has 0 spiro atoms. The van der Waals surface area contributed by atoms with Crippen LogP contribution in [0.5, 0.6) is 0 Å². The number of anilines is 2. The average Bonchev–Trinajstić information content (AvgIpc) is 3.08. The Hall–Kier alpha value is -3.03.